The van der Waals surface area contributed by atoms with Crippen molar-refractivity contribution in [3.63, 3.8) is 0 Å². The minimum atomic E-state index is 0.362. The zero-order valence-corrected chi connectivity index (χ0v) is 11.3. The molecule has 1 aliphatic carbocycles. The number of nitrogens with two attached hydrogens (primary N) is 1. The molecule has 3 aromatic rings. The van der Waals surface area contributed by atoms with Gasteiger partial charge in [0.2, 0.25) is 0 Å². The topological polar surface area (TPSA) is 54.7 Å². The summed E-state index contributed by atoms with van der Waals surface area (Å²) in [6, 6.07) is 8.85. The average Bonchev–Trinajstić information content (AvgIpc) is 3.01. The molecule has 19 heavy (non-hydrogen) atoms. The molecule has 3 nitrogen and oxygen atoms in total. The zero-order chi connectivity index (χ0) is 12.8. The first kappa shape index (κ1) is 11.2. The minimum Gasteiger partial charge on any atom is -0.342 e. The number of imidazole rings is 1. The van der Waals surface area contributed by atoms with Gasteiger partial charge in [-0.05, 0) is 18.9 Å². The number of benzene rings is 1. The highest BCUT2D eigenvalue weighted by atomic mass is 32.1. The van der Waals surface area contributed by atoms with E-state index < -0.39 is 0 Å². The number of hydrogen-bond donors (Lipinski definition) is 2. The van der Waals surface area contributed by atoms with Crippen molar-refractivity contribution < 1.29 is 0 Å². The molecule has 1 saturated carbocycles. The second kappa shape index (κ2) is 4.18. The van der Waals surface area contributed by atoms with Crippen LogP contribution < -0.4 is 5.73 Å². The first-order valence-electron chi connectivity index (χ1n) is 6.58. The summed E-state index contributed by atoms with van der Waals surface area (Å²) in [7, 11) is 0. The molecular weight excluding hydrogens is 254 g/mol. The first-order valence-corrected chi connectivity index (χ1v) is 7.46. The molecule has 0 aliphatic heterocycles. The van der Waals surface area contributed by atoms with E-state index in [0.717, 1.165) is 24.4 Å². The number of hydrogen-bond acceptors (Lipinski definition) is 3. The fourth-order valence-corrected chi connectivity index (χ4v) is 3.71. The van der Waals surface area contributed by atoms with E-state index in [1.165, 1.54) is 15.6 Å². The van der Waals surface area contributed by atoms with Crippen molar-refractivity contribution in [2.24, 2.45) is 5.73 Å². The lowest BCUT2D eigenvalue weighted by Gasteiger charge is -2.30. The molecule has 3 N–H and O–H groups in total. The van der Waals surface area contributed by atoms with Gasteiger partial charge in [-0.2, -0.15) is 0 Å². The molecular formula is C15H15N3S. The Morgan fingerprint density at radius 1 is 1.26 bits per heavy atom. The predicted molar refractivity (Wildman–Crippen MR) is 79.4 cm³/mol. The van der Waals surface area contributed by atoms with Crippen LogP contribution in [0.25, 0.3) is 21.3 Å². The summed E-state index contributed by atoms with van der Waals surface area (Å²) in [6.45, 7) is 0. The van der Waals surface area contributed by atoms with E-state index in [2.05, 4.69) is 39.6 Å². The van der Waals surface area contributed by atoms with Gasteiger partial charge in [-0.25, -0.2) is 4.98 Å². The minimum absolute atomic E-state index is 0.362. The Hall–Kier alpha value is -1.65. The normalized spacial score (nSPS) is 22.6. The molecule has 1 aromatic carbocycles. The van der Waals surface area contributed by atoms with Gasteiger partial charge in [-0.1, -0.05) is 18.2 Å². The summed E-state index contributed by atoms with van der Waals surface area (Å²) in [5.74, 6) is 1.61. The maximum absolute atomic E-state index is 5.84. The molecule has 0 radical (unpaired) electrons. The lowest BCUT2D eigenvalue weighted by molar-refractivity contribution is 0.340. The van der Waals surface area contributed by atoms with Gasteiger partial charge in [0.15, 0.2) is 0 Å². The van der Waals surface area contributed by atoms with Crippen LogP contribution in [-0.2, 0) is 0 Å². The van der Waals surface area contributed by atoms with Crippen LogP contribution in [0, 0.1) is 0 Å². The second-order valence-electron chi connectivity index (χ2n) is 5.26. The summed E-state index contributed by atoms with van der Waals surface area (Å²) in [5.41, 5.74) is 8.21. The van der Waals surface area contributed by atoms with Crippen LogP contribution in [0.4, 0.5) is 0 Å². The lowest BCUT2D eigenvalue weighted by Crippen LogP contribution is -2.35. The van der Waals surface area contributed by atoms with Crippen LogP contribution in [0.1, 0.15) is 24.6 Å². The standard InChI is InChI=1S/C15H15N3S/c16-10-5-9(6-10)15-17-7-13(18-15)12-8-19-14-4-2-1-3-11(12)14/h1-4,7-10H,5-6,16H2,(H,17,18). The van der Waals surface area contributed by atoms with Gasteiger partial charge in [0.05, 0.1) is 11.9 Å². The predicted octanol–water partition coefficient (Wildman–Crippen LogP) is 3.50. The van der Waals surface area contributed by atoms with Crippen LogP contribution in [-0.4, -0.2) is 16.0 Å². The van der Waals surface area contributed by atoms with E-state index in [4.69, 9.17) is 5.73 Å². The Bertz CT molecular complexity index is 722. The van der Waals surface area contributed by atoms with Gasteiger partial charge in [-0.15, -0.1) is 11.3 Å². The average molecular weight is 269 g/mol. The Labute approximate surface area is 115 Å². The summed E-state index contributed by atoms with van der Waals surface area (Å²) in [5, 5.41) is 3.50. The van der Waals surface area contributed by atoms with Crippen molar-refractivity contribution in [3.8, 4) is 11.3 Å². The van der Waals surface area contributed by atoms with E-state index in [0.29, 0.717) is 12.0 Å². The fourth-order valence-electron chi connectivity index (χ4n) is 2.75. The molecule has 0 amide bonds. The number of fused-ring (bicyclic) bond motifs is 1. The van der Waals surface area contributed by atoms with Gasteiger partial charge >= 0.3 is 0 Å². The van der Waals surface area contributed by atoms with Crippen molar-refractivity contribution in [1.29, 1.82) is 0 Å². The number of nitrogens with zero attached hydrogens (tertiary/aromatic N) is 1. The van der Waals surface area contributed by atoms with E-state index in [1.807, 2.05) is 6.20 Å². The molecule has 0 bridgehead atoms. The fraction of sp³-hybridized carbons (Fsp3) is 0.267. The van der Waals surface area contributed by atoms with Crippen LogP contribution in [0.15, 0.2) is 35.8 Å². The van der Waals surface area contributed by atoms with Crippen LogP contribution in [0.3, 0.4) is 0 Å². The van der Waals surface area contributed by atoms with Gasteiger partial charge < -0.3 is 10.7 Å². The number of aromatic amines is 1. The Kier molecular flexibility index (Phi) is 2.47. The maximum atomic E-state index is 5.84. The Morgan fingerprint density at radius 2 is 2.11 bits per heavy atom. The molecule has 1 fully saturated rings. The molecule has 2 heterocycles. The third kappa shape index (κ3) is 1.79. The number of aromatic nitrogens is 2. The highest BCUT2D eigenvalue weighted by Gasteiger charge is 2.29. The van der Waals surface area contributed by atoms with Crippen molar-refractivity contribution in [3.05, 3.63) is 41.7 Å². The quantitative estimate of drug-likeness (QED) is 0.748. The molecule has 4 rings (SSSR count). The van der Waals surface area contributed by atoms with Gasteiger partial charge in [-0.3, -0.25) is 0 Å². The summed E-state index contributed by atoms with van der Waals surface area (Å²) in [6.07, 6.45) is 4.06. The van der Waals surface area contributed by atoms with E-state index >= 15 is 0 Å². The third-order valence-electron chi connectivity index (χ3n) is 3.93. The maximum Gasteiger partial charge on any atom is 0.109 e. The monoisotopic (exact) mass is 269 g/mol. The summed E-state index contributed by atoms with van der Waals surface area (Å²) >= 11 is 1.78. The summed E-state index contributed by atoms with van der Waals surface area (Å²) < 4.78 is 1.32. The zero-order valence-electron chi connectivity index (χ0n) is 10.5. The number of thiophene rings is 1. The van der Waals surface area contributed by atoms with Crippen molar-refractivity contribution >= 4 is 21.4 Å². The van der Waals surface area contributed by atoms with Crippen LogP contribution >= 0.6 is 11.3 Å². The first-order chi connectivity index (χ1) is 9.31. The Balaban J connectivity index is 1.72. The van der Waals surface area contributed by atoms with Crippen molar-refractivity contribution in [2.45, 2.75) is 24.8 Å². The summed E-state index contributed by atoms with van der Waals surface area (Å²) in [4.78, 5) is 8.00. The van der Waals surface area contributed by atoms with Gasteiger partial charge in [0.25, 0.3) is 0 Å². The Morgan fingerprint density at radius 3 is 2.95 bits per heavy atom. The number of nitrogens with one attached hydrogen (secondary N) is 1. The molecule has 0 unspecified atom stereocenters. The molecule has 1 aliphatic rings. The van der Waals surface area contributed by atoms with E-state index in [-0.39, 0.29) is 0 Å². The van der Waals surface area contributed by atoms with Crippen molar-refractivity contribution in [1.82, 2.24) is 9.97 Å². The van der Waals surface area contributed by atoms with Crippen molar-refractivity contribution in [2.75, 3.05) is 0 Å². The highest BCUT2D eigenvalue weighted by molar-refractivity contribution is 7.17. The van der Waals surface area contributed by atoms with Crippen LogP contribution in [0.5, 0.6) is 0 Å². The molecule has 0 saturated heterocycles. The smallest absolute Gasteiger partial charge is 0.109 e. The molecule has 2 aromatic heterocycles. The molecule has 4 heteroatoms. The van der Waals surface area contributed by atoms with E-state index in [1.54, 1.807) is 11.3 Å². The second-order valence-corrected chi connectivity index (χ2v) is 6.17. The largest absolute Gasteiger partial charge is 0.342 e. The van der Waals surface area contributed by atoms with Crippen LogP contribution in [0.2, 0.25) is 0 Å². The van der Waals surface area contributed by atoms with Gasteiger partial charge in [0.1, 0.15) is 5.82 Å². The lowest BCUT2D eigenvalue weighted by atomic mass is 9.80. The third-order valence-corrected chi connectivity index (χ3v) is 4.89. The number of H-pyrrole nitrogens is 1. The van der Waals surface area contributed by atoms with Gasteiger partial charge in [0, 0.05) is 33.0 Å². The SMILES string of the molecule is NC1CC(c2ncc(-c3csc4ccccc34)[nH]2)C1. The van der Waals surface area contributed by atoms with E-state index in [9.17, 15) is 0 Å². The molecule has 0 atom stereocenters. The number of rotatable bonds is 2. The molecule has 96 valence electrons. The highest BCUT2D eigenvalue weighted by Crippen LogP contribution is 2.37. The molecule has 0 spiro atoms.